The van der Waals surface area contributed by atoms with E-state index in [9.17, 15) is 26.4 Å². The van der Waals surface area contributed by atoms with Gasteiger partial charge in [0, 0.05) is 0 Å². The maximum atomic E-state index is 12.0. The Morgan fingerprint density at radius 1 is 1.39 bits per heavy atom. The van der Waals surface area contributed by atoms with Gasteiger partial charge in [0.2, 0.25) is 0 Å². The number of hydrogen-bond acceptors (Lipinski definition) is 4. The summed E-state index contributed by atoms with van der Waals surface area (Å²) in [5, 5.41) is 8.61. The van der Waals surface area contributed by atoms with Crippen molar-refractivity contribution >= 4 is 21.7 Å². The molecule has 0 aromatic heterocycles. The molecule has 0 aliphatic rings. The first-order valence-electron chi connectivity index (χ1n) is 4.22. The van der Waals surface area contributed by atoms with Crippen molar-refractivity contribution in [1.29, 1.82) is 0 Å². The molecule has 18 heavy (non-hydrogen) atoms. The van der Waals surface area contributed by atoms with Gasteiger partial charge in [-0.2, -0.15) is 26.0 Å². The Labute approximate surface area is 100 Å². The third kappa shape index (κ3) is 4.57. The maximum Gasteiger partial charge on any atom is 0.518 e. The van der Waals surface area contributed by atoms with Crippen LogP contribution in [0.15, 0.2) is 28.3 Å². The molecule has 0 aliphatic carbocycles. The van der Waals surface area contributed by atoms with Crippen molar-refractivity contribution in [3.8, 4) is 0 Å². The van der Waals surface area contributed by atoms with Crippen LogP contribution in [0.3, 0.4) is 0 Å². The summed E-state index contributed by atoms with van der Waals surface area (Å²) in [5.41, 5.74) is -1.76. The lowest BCUT2D eigenvalue weighted by atomic mass is 10.2. The van der Waals surface area contributed by atoms with E-state index in [0.29, 0.717) is 6.08 Å². The number of carboxylic acids is 1. The number of hydrogen-bond donors (Lipinski definition) is 2. The van der Waals surface area contributed by atoms with Gasteiger partial charge in [0.1, 0.15) is 0 Å². The van der Waals surface area contributed by atoms with Gasteiger partial charge in [0.05, 0.1) is 11.3 Å². The molecule has 0 unspecified atom stereocenters. The summed E-state index contributed by atoms with van der Waals surface area (Å²) >= 11 is 0. The van der Waals surface area contributed by atoms with E-state index in [0.717, 1.165) is 19.2 Å². The number of alkyl halides is 3. The molecule has 0 saturated carbocycles. The van der Waals surface area contributed by atoms with Crippen LogP contribution in [0.1, 0.15) is 6.92 Å². The number of carbonyl (C=O) groups is 1. The van der Waals surface area contributed by atoms with Crippen LogP contribution in [0.2, 0.25) is 0 Å². The summed E-state index contributed by atoms with van der Waals surface area (Å²) < 4.78 is 59.6. The number of sulfonamides is 1. The van der Waals surface area contributed by atoms with Crippen molar-refractivity contribution in [2.24, 2.45) is 10.1 Å². The van der Waals surface area contributed by atoms with Gasteiger partial charge in [-0.3, -0.25) is 0 Å². The van der Waals surface area contributed by atoms with Crippen LogP contribution in [-0.2, 0) is 14.8 Å². The van der Waals surface area contributed by atoms with Gasteiger partial charge < -0.3 is 10.8 Å². The Balaban J connectivity index is 5.49. The molecule has 0 atom stereocenters. The fourth-order valence-electron chi connectivity index (χ4n) is 0.778. The lowest BCUT2D eigenvalue weighted by Crippen LogP contribution is -2.21. The van der Waals surface area contributed by atoms with Gasteiger partial charge >= 0.3 is 21.5 Å². The molecule has 6 nitrogen and oxygen atoms in total. The number of rotatable bonds is 4. The third-order valence-corrected chi connectivity index (χ3v) is 2.56. The Bertz CT molecular complexity index is 517. The Morgan fingerprint density at radius 3 is 2.22 bits per heavy atom. The minimum atomic E-state index is -5.69. The number of nitrogens with zero attached hydrogens (tertiary/aromatic N) is 1. The fourth-order valence-corrected chi connectivity index (χ4v) is 1.31. The molecule has 0 spiro atoms. The van der Waals surface area contributed by atoms with E-state index in [1.807, 2.05) is 0 Å². The van der Waals surface area contributed by atoms with E-state index < -0.39 is 32.8 Å². The van der Waals surface area contributed by atoms with Gasteiger partial charge in [-0.15, -0.1) is 0 Å². The molecule has 0 radical (unpaired) electrons. The molecule has 0 heterocycles. The second-order valence-corrected chi connectivity index (χ2v) is 4.51. The first-order chi connectivity index (χ1) is 8.01. The van der Waals surface area contributed by atoms with Gasteiger partial charge in [-0.25, -0.2) is 4.79 Å². The van der Waals surface area contributed by atoms with E-state index in [1.54, 1.807) is 0 Å². The minimum Gasteiger partial charge on any atom is -0.478 e. The quantitative estimate of drug-likeness (QED) is 0.451. The predicted molar refractivity (Wildman–Crippen MR) is 57.1 cm³/mol. The van der Waals surface area contributed by atoms with Crippen molar-refractivity contribution in [1.82, 2.24) is 0 Å². The summed E-state index contributed by atoms with van der Waals surface area (Å²) in [5.74, 6) is -1.49. The average molecular weight is 286 g/mol. The van der Waals surface area contributed by atoms with Crippen LogP contribution < -0.4 is 5.73 Å². The highest BCUT2D eigenvalue weighted by molar-refractivity contribution is 7.91. The molecule has 3 N–H and O–H groups in total. The first kappa shape index (κ1) is 16.2. The molecule has 102 valence electrons. The van der Waals surface area contributed by atoms with Crippen LogP contribution in [-0.4, -0.2) is 30.7 Å². The van der Waals surface area contributed by atoms with Crippen LogP contribution in [0.4, 0.5) is 13.2 Å². The Morgan fingerprint density at radius 2 is 1.89 bits per heavy atom. The maximum absolute atomic E-state index is 12.0. The number of aliphatic carboxylic acids is 1. The van der Waals surface area contributed by atoms with Crippen molar-refractivity contribution in [2.45, 2.75) is 12.4 Å². The lowest BCUT2D eigenvalue weighted by molar-refractivity contribution is -0.132. The summed E-state index contributed by atoms with van der Waals surface area (Å²) in [7, 11) is -5.69. The highest BCUT2D eigenvalue weighted by Gasteiger charge is 2.45. The largest absolute Gasteiger partial charge is 0.518 e. The zero-order valence-electron chi connectivity index (χ0n) is 8.97. The second kappa shape index (κ2) is 5.67. The number of carboxylic acid groups (broad SMARTS) is 1. The molecule has 10 heteroatoms. The third-order valence-electron chi connectivity index (χ3n) is 1.44. The monoisotopic (exact) mass is 286 g/mol. The van der Waals surface area contributed by atoms with E-state index >= 15 is 0 Å². The molecule has 0 aliphatic heterocycles. The molecule has 0 amide bonds. The summed E-state index contributed by atoms with van der Waals surface area (Å²) in [6.07, 6.45) is 2.36. The van der Waals surface area contributed by atoms with E-state index in [4.69, 9.17) is 10.8 Å². The van der Waals surface area contributed by atoms with Crippen molar-refractivity contribution < 1.29 is 31.5 Å². The standard InChI is InChI=1S/C8H9F3N2O4S/c1-5(4-6(2-3-12)7(14)15)13-18(16,17)8(9,10)11/h2-4H,12H2,1H3,(H,14,15). The van der Waals surface area contributed by atoms with Crippen molar-refractivity contribution in [3.63, 3.8) is 0 Å². The van der Waals surface area contributed by atoms with Gasteiger partial charge in [0.15, 0.2) is 0 Å². The molecule has 0 fully saturated rings. The SMILES string of the molecule is CC(C=C(C=CN)C(=O)O)=NS(=O)(=O)C(F)(F)F. The zero-order valence-corrected chi connectivity index (χ0v) is 9.79. The number of nitrogens with two attached hydrogens (primary N) is 1. The zero-order chi connectivity index (χ0) is 14.6. The van der Waals surface area contributed by atoms with E-state index in [1.165, 1.54) is 0 Å². The van der Waals surface area contributed by atoms with Crippen LogP contribution in [0.5, 0.6) is 0 Å². The fraction of sp³-hybridized carbons (Fsp3) is 0.250. The van der Waals surface area contributed by atoms with E-state index in [-0.39, 0.29) is 0 Å². The van der Waals surface area contributed by atoms with Gasteiger partial charge in [0.25, 0.3) is 0 Å². The van der Waals surface area contributed by atoms with E-state index in [2.05, 4.69) is 4.40 Å². The summed E-state index contributed by atoms with van der Waals surface area (Å²) in [6, 6.07) is 0. The molecule has 0 aromatic carbocycles. The van der Waals surface area contributed by atoms with Crippen LogP contribution >= 0.6 is 0 Å². The predicted octanol–water partition coefficient (Wildman–Crippen LogP) is 0.780. The highest BCUT2D eigenvalue weighted by Crippen LogP contribution is 2.24. The normalized spacial score (nSPS) is 15.1. The lowest BCUT2D eigenvalue weighted by Gasteiger charge is -2.03. The molecule has 0 aromatic rings. The molecule has 0 saturated heterocycles. The molecular formula is C8H9F3N2O4S. The van der Waals surface area contributed by atoms with Crippen LogP contribution in [0, 0.1) is 0 Å². The van der Waals surface area contributed by atoms with Crippen LogP contribution in [0.25, 0.3) is 0 Å². The van der Waals surface area contributed by atoms with Gasteiger partial charge in [-0.1, -0.05) is 0 Å². The second-order valence-electron chi connectivity index (χ2n) is 2.92. The Hall–Kier alpha value is -1.84. The topological polar surface area (TPSA) is 110 Å². The molecular weight excluding hydrogens is 277 g/mol. The first-order valence-corrected chi connectivity index (χ1v) is 5.66. The highest BCUT2D eigenvalue weighted by atomic mass is 32.2. The number of allylic oxidation sites excluding steroid dienone is 1. The minimum absolute atomic E-state index is 0.504. The smallest absolute Gasteiger partial charge is 0.478 e. The van der Waals surface area contributed by atoms with Crippen molar-refractivity contribution in [2.75, 3.05) is 0 Å². The number of halogens is 3. The summed E-state index contributed by atoms with van der Waals surface area (Å²) in [4.78, 5) is 10.6. The molecule has 0 rings (SSSR count). The van der Waals surface area contributed by atoms with Gasteiger partial charge in [-0.05, 0) is 25.3 Å². The average Bonchev–Trinajstić information content (AvgIpc) is 2.13. The Kier molecular flexibility index (Phi) is 5.09. The molecule has 0 bridgehead atoms. The van der Waals surface area contributed by atoms with Crippen molar-refractivity contribution in [3.05, 3.63) is 23.9 Å². The summed E-state index contributed by atoms with van der Waals surface area (Å²) in [6.45, 7) is 0.913.